The van der Waals surface area contributed by atoms with Crippen molar-refractivity contribution in [3.63, 3.8) is 0 Å². The maximum absolute atomic E-state index is 13.8. The Balaban J connectivity index is 2.21. The molecule has 0 atom stereocenters. The van der Waals surface area contributed by atoms with E-state index < -0.39 is 33.9 Å². The van der Waals surface area contributed by atoms with E-state index >= 15 is 0 Å². The van der Waals surface area contributed by atoms with Crippen LogP contribution in [0.5, 0.6) is 0 Å². The zero-order valence-corrected chi connectivity index (χ0v) is 10.4. The van der Waals surface area contributed by atoms with Gasteiger partial charge in [0.25, 0.3) is 0 Å². The molecule has 4 nitrogen and oxygen atoms in total. The van der Waals surface area contributed by atoms with E-state index in [1.807, 2.05) is 0 Å². The lowest BCUT2D eigenvalue weighted by molar-refractivity contribution is -0.387. The van der Waals surface area contributed by atoms with Gasteiger partial charge in [0.2, 0.25) is 5.82 Å². The summed E-state index contributed by atoms with van der Waals surface area (Å²) in [7, 11) is 0. The third kappa shape index (κ3) is 3.10. The Hall–Kier alpha value is -2.64. The normalized spacial score (nSPS) is 10.5. The first-order valence-corrected chi connectivity index (χ1v) is 5.70. The fraction of sp³-hybridized carbons (Fsp3) is 0.0769. The second-order valence-electron chi connectivity index (χ2n) is 4.11. The molecule has 1 N–H and O–H groups in total. The zero-order valence-electron chi connectivity index (χ0n) is 10.4. The monoisotopic (exact) mass is 300 g/mol. The molecule has 2 aromatic rings. The van der Waals surface area contributed by atoms with Gasteiger partial charge in [-0.25, -0.2) is 13.2 Å². The minimum absolute atomic E-state index is 0.0608. The van der Waals surface area contributed by atoms with Crippen molar-refractivity contribution in [3.05, 3.63) is 69.3 Å². The Morgan fingerprint density at radius 2 is 1.67 bits per heavy atom. The highest BCUT2D eigenvalue weighted by Crippen LogP contribution is 2.22. The molecule has 8 heteroatoms. The van der Waals surface area contributed by atoms with Crippen molar-refractivity contribution >= 4 is 11.4 Å². The average molecular weight is 300 g/mol. The Kier molecular flexibility index (Phi) is 4.06. The van der Waals surface area contributed by atoms with Crippen LogP contribution in [-0.4, -0.2) is 4.92 Å². The van der Waals surface area contributed by atoms with Crippen LogP contribution < -0.4 is 5.32 Å². The van der Waals surface area contributed by atoms with Crippen LogP contribution in [0.25, 0.3) is 0 Å². The molecule has 0 aliphatic heterocycles. The number of benzene rings is 2. The fourth-order valence-electron chi connectivity index (χ4n) is 1.70. The molecule has 0 unspecified atom stereocenters. The molecule has 0 aliphatic rings. The summed E-state index contributed by atoms with van der Waals surface area (Å²) >= 11 is 0. The lowest BCUT2D eigenvalue weighted by atomic mass is 10.1. The highest BCUT2D eigenvalue weighted by atomic mass is 19.2. The number of anilines is 1. The first kappa shape index (κ1) is 14.8. The second-order valence-corrected chi connectivity index (χ2v) is 4.11. The molecule has 0 radical (unpaired) electrons. The molecule has 0 fully saturated rings. The summed E-state index contributed by atoms with van der Waals surface area (Å²) in [5, 5.41) is 13.0. The van der Waals surface area contributed by atoms with Gasteiger partial charge < -0.3 is 5.32 Å². The minimum atomic E-state index is -1.61. The van der Waals surface area contributed by atoms with Gasteiger partial charge in [-0.2, -0.15) is 4.39 Å². The van der Waals surface area contributed by atoms with E-state index in [1.165, 1.54) is 12.1 Å². The van der Waals surface area contributed by atoms with Gasteiger partial charge in [-0.3, -0.25) is 10.1 Å². The van der Waals surface area contributed by atoms with Crippen molar-refractivity contribution in [1.29, 1.82) is 0 Å². The van der Waals surface area contributed by atoms with Crippen molar-refractivity contribution in [2.45, 2.75) is 6.54 Å². The predicted molar refractivity (Wildman–Crippen MR) is 66.7 cm³/mol. The van der Waals surface area contributed by atoms with E-state index in [2.05, 4.69) is 5.32 Å². The first-order chi connectivity index (χ1) is 9.90. The Labute approximate surface area is 116 Å². The van der Waals surface area contributed by atoms with Crippen molar-refractivity contribution in [3.8, 4) is 0 Å². The number of rotatable bonds is 4. The van der Waals surface area contributed by atoms with E-state index in [0.29, 0.717) is 12.1 Å². The third-order valence-corrected chi connectivity index (χ3v) is 2.72. The topological polar surface area (TPSA) is 55.2 Å². The number of nitrogens with zero attached hydrogens (tertiary/aromatic N) is 1. The van der Waals surface area contributed by atoms with E-state index in [0.717, 1.165) is 6.07 Å². The summed E-state index contributed by atoms with van der Waals surface area (Å²) in [6.45, 7) is -0.252. The maximum Gasteiger partial charge on any atom is 0.305 e. The number of nitro benzene ring substituents is 1. The van der Waals surface area contributed by atoms with Crippen LogP contribution in [0.1, 0.15) is 5.56 Å². The van der Waals surface area contributed by atoms with Crippen LogP contribution in [0.4, 0.5) is 28.9 Å². The van der Waals surface area contributed by atoms with Gasteiger partial charge in [0, 0.05) is 36.0 Å². The molecule has 0 amide bonds. The molecule has 0 aromatic heterocycles. The Morgan fingerprint density at radius 3 is 2.24 bits per heavy atom. The highest BCUT2D eigenvalue weighted by Gasteiger charge is 2.17. The van der Waals surface area contributed by atoms with Gasteiger partial charge >= 0.3 is 5.69 Å². The lowest BCUT2D eigenvalue weighted by Gasteiger charge is -2.08. The molecule has 2 rings (SSSR count). The van der Waals surface area contributed by atoms with Crippen molar-refractivity contribution < 1.29 is 22.5 Å². The molecule has 21 heavy (non-hydrogen) atoms. The summed E-state index contributed by atoms with van der Waals surface area (Å²) in [5.74, 6) is -5.44. The molecule has 0 saturated carbocycles. The molecule has 0 aliphatic carbocycles. The summed E-state index contributed by atoms with van der Waals surface area (Å²) in [6.07, 6.45) is 0. The van der Waals surface area contributed by atoms with Gasteiger partial charge in [-0.05, 0) is 0 Å². The van der Waals surface area contributed by atoms with Crippen LogP contribution in [0.15, 0.2) is 30.3 Å². The van der Waals surface area contributed by atoms with Gasteiger partial charge in [0.1, 0.15) is 0 Å². The molecular formula is C13H8F4N2O2. The summed E-state index contributed by atoms with van der Waals surface area (Å²) in [5.41, 5.74) is -0.877. The van der Waals surface area contributed by atoms with Crippen LogP contribution >= 0.6 is 0 Å². The molecule has 0 bridgehead atoms. The number of halogens is 4. The van der Waals surface area contributed by atoms with Crippen LogP contribution in [-0.2, 0) is 6.54 Å². The SMILES string of the molecule is O=[N+]([O-])c1cccc(CNc2cc(F)c(F)c(F)c2)c1F. The molecule has 110 valence electrons. The Morgan fingerprint density at radius 1 is 1.05 bits per heavy atom. The summed E-state index contributed by atoms with van der Waals surface area (Å²) in [6, 6.07) is 4.97. The Bertz CT molecular complexity index is 684. The number of hydrogen-bond donors (Lipinski definition) is 1. The van der Waals surface area contributed by atoms with E-state index in [9.17, 15) is 27.7 Å². The summed E-state index contributed by atoms with van der Waals surface area (Å²) in [4.78, 5) is 9.70. The maximum atomic E-state index is 13.8. The highest BCUT2D eigenvalue weighted by molar-refractivity contribution is 5.46. The quantitative estimate of drug-likeness (QED) is 0.405. The second kappa shape index (κ2) is 5.78. The number of nitrogens with one attached hydrogen (secondary N) is 1. The third-order valence-electron chi connectivity index (χ3n) is 2.72. The van der Waals surface area contributed by atoms with Crippen LogP contribution in [0, 0.1) is 33.4 Å². The zero-order chi connectivity index (χ0) is 15.6. The molecule has 0 spiro atoms. The molecular weight excluding hydrogens is 292 g/mol. The standard InChI is InChI=1S/C13H8F4N2O2/c14-9-4-8(5-10(15)13(9)17)18-6-7-2-1-3-11(12(7)16)19(20)21/h1-5,18H,6H2. The van der Waals surface area contributed by atoms with Gasteiger partial charge in [-0.1, -0.05) is 12.1 Å². The van der Waals surface area contributed by atoms with Gasteiger partial charge in [-0.15, -0.1) is 0 Å². The summed E-state index contributed by atoms with van der Waals surface area (Å²) < 4.78 is 52.5. The molecule has 0 heterocycles. The number of nitro groups is 1. The minimum Gasteiger partial charge on any atom is -0.381 e. The van der Waals surface area contributed by atoms with Crippen LogP contribution in [0.3, 0.4) is 0 Å². The first-order valence-electron chi connectivity index (χ1n) is 5.70. The average Bonchev–Trinajstić information content (AvgIpc) is 2.43. The van der Waals surface area contributed by atoms with Crippen molar-refractivity contribution in [1.82, 2.24) is 0 Å². The lowest BCUT2D eigenvalue weighted by Crippen LogP contribution is -2.05. The van der Waals surface area contributed by atoms with E-state index in [-0.39, 0.29) is 17.8 Å². The van der Waals surface area contributed by atoms with Gasteiger partial charge in [0.05, 0.1) is 4.92 Å². The van der Waals surface area contributed by atoms with Crippen LogP contribution in [0.2, 0.25) is 0 Å². The van der Waals surface area contributed by atoms with E-state index in [4.69, 9.17) is 0 Å². The number of hydrogen-bond acceptors (Lipinski definition) is 3. The fourth-order valence-corrected chi connectivity index (χ4v) is 1.70. The smallest absolute Gasteiger partial charge is 0.305 e. The predicted octanol–water partition coefficient (Wildman–Crippen LogP) is 3.76. The van der Waals surface area contributed by atoms with Gasteiger partial charge in [0.15, 0.2) is 17.5 Å². The van der Waals surface area contributed by atoms with Crippen molar-refractivity contribution in [2.75, 3.05) is 5.32 Å². The molecule has 0 saturated heterocycles. The van der Waals surface area contributed by atoms with E-state index in [1.54, 1.807) is 0 Å². The molecule has 2 aromatic carbocycles. The largest absolute Gasteiger partial charge is 0.381 e. The van der Waals surface area contributed by atoms with Crippen molar-refractivity contribution in [2.24, 2.45) is 0 Å².